The van der Waals surface area contributed by atoms with Gasteiger partial charge in [-0.3, -0.25) is 0 Å². The lowest BCUT2D eigenvalue weighted by Gasteiger charge is -2.09. The third-order valence-electron chi connectivity index (χ3n) is 2.05. The number of rotatable bonds is 3. The van der Waals surface area contributed by atoms with Crippen molar-refractivity contribution < 1.29 is 9.50 Å². The molecule has 0 amide bonds. The lowest BCUT2D eigenvalue weighted by Crippen LogP contribution is -1.97. The van der Waals surface area contributed by atoms with Gasteiger partial charge in [0.2, 0.25) is 0 Å². The number of aliphatic hydroxyl groups is 1. The fourth-order valence-corrected chi connectivity index (χ4v) is 1.62. The van der Waals surface area contributed by atoms with Gasteiger partial charge in [-0.05, 0) is 47.0 Å². The van der Waals surface area contributed by atoms with E-state index in [0.717, 1.165) is 0 Å². The maximum Gasteiger partial charge on any atom is 0.137 e. The van der Waals surface area contributed by atoms with E-state index in [1.807, 2.05) is 0 Å². The van der Waals surface area contributed by atoms with Gasteiger partial charge in [0.1, 0.15) is 5.82 Å². The maximum atomic E-state index is 12.9. The number of aliphatic hydroxyl groups excluding tert-OH is 1. The van der Waals surface area contributed by atoms with E-state index in [2.05, 4.69) is 27.8 Å². The van der Waals surface area contributed by atoms with Gasteiger partial charge in [-0.15, -0.1) is 11.8 Å². The number of hydrogen-bond acceptors (Lipinski definition) is 1. The van der Waals surface area contributed by atoms with Crippen LogP contribution in [0, 0.1) is 17.7 Å². The lowest BCUT2D eigenvalue weighted by atomic mass is 10.1. The second-order valence-corrected chi connectivity index (χ2v) is 4.01. The van der Waals surface area contributed by atoms with E-state index in [0.29, 0.717) is 22.9 Å². The first-order valence-corrected chi connectivity index (χ1v) is 5.47. The lowest BCUT2D eigenvalue weighted by molar-refractivity contribution is 0.169. The first kappa shape index (κ1) is 12.2. The molecular weight excluding hydrogens is 259 g/mol. The van der Waals surface area contributed by atoms with Crippen molar-refractivity contribution in [3.05, 3.63) is 34.1 Å². The number of hydrogen-bond donors (Lipinski definition) is 1. The summed E-state index contributed by atoms with van der Waals surface area (Å²) in [6.07, 6.45) is 0.633. The summed E-state index contributed by atoms with van der Waals surface area (Å²) in [6, 6.07) is 4.53. The minimum Gasteiger partial charge on any atom is -0.388 e. The molecule has 1 nitrogen and oxygen atoms in total. The topological polar surface area (TPSA) is 20.2 Å². The van der Waals surface area contributed by atoms with Crippen molar-refractivity contribution in [1.29, 1.82) is 0 Å². The highest BCUT2D eigenvalue weighted by molar-refractivity contribution is 9.10. The molecule has 0 aliphatic rings. The quantitative estimate of drug-likeness (QED) is 0.835. The van der Waals surface area contributed by atoms with E-state index in [1.165, 1.54) is 6.07 Å². The molecule has 80 valence electrons. The minimum atomic E-state index is -0.581. The normalized spacial score (nSPS) is 11.7. The molecule has 0 radical (unpaired) electrons. The van der Waals surface area contributed by atoms with Crippen LogP contribution in [0.1, 0.15) is 31.4 Å². The Labute approximate surface area is 97.4 Å². The molecule has 3 heteroatoms. The summed E-state index contributed by atoms with van der Waals surface area (Å²) in [6.45, 7) is 1.76. The van der Waals surface area contributed by atoms with Crippen LogP contribution in [-0.2, 0) is 0 Å². The summed E-state index contributed by atoms with van der Waals surface area (Å²) in [4.78, 5) is 0. The Kier molecular flexibility index (Phi) is 4.80. The van der Waals surface area contributed by atoms with Gasteiger partial charge >= 0.3 is 0 Å². The van der Waals surface area contributed by atoms with E-state index in [4.69, 9.17) is 0 Å². The van der Waals surface area contributed by atoms with Crippen LogP contribution in [0.4, 0.5) is 4.39 Å². The molecule has 0 fully saturated rings. The van der Waals surface area contributed by atoms with Crippen LogP contribution in [0.5, 0.6) is 0 Å². The second-order valence-electron chi connectivity index (χ2n) is 3.15. The van der Waals surface area contributed by atoms with Gasteiger partial charge in [-0.2, -0.15) is 0 Å². The molecule has 1 rings (SSSR count). The van der Waals surface area contributed by atoms with Gasteiger partial charge in [0, 0.05) is 6.42 Å². The van der Waals surface area contributed by atoms with Gasteiger partial charge in [0.25, 0.3) is 0 Å². The molecule has 15 heavy (non-hydrogen) atoms. The summed E-state index contributed by atoms with van der Waals surface area (Å²) in [7, 11) is 0. The van der Waals surface area contributed by atoms with Crippen LogP contribution in [-0.4, -0.2) is 5.11 Å². The van der Waals surface area contributed by atoms with Gasteiger partial charge in [0.05, 0.1) is 10.6 Å². The zero-order chi connectivity index (χ0) is 11.3. The minimum absolute atomic E-state index is 0.320. The van der Waals surface area contributed by atoms with Gasteiger partial charge in [-0.1, -0.05) is 6.07 Å². The number of halogens is 2. The molecular formula is C12H12BrFO. The monoisotopic (exact) mass is 270 g/mol. The standard InChI is InChI=1S/C12H12BrFO/c1-2-3-4-5-12(15)9-6-7-11(14)10(13)8-9/h6-8,12,15H,4-5H2,1H3. The molecule has 0 heterocycles. The average molecular weight is 271 g/mol. The Hall–Kier alpha value is -0.850. The zero-order valence-corrected chi connectivity index (χ0v) is 10.0. The van der Waals surface area contributed by atoms with Crippen LogP contribution in [0.2, 0.25) is 0 Å². The highest BCUT2D eigenvalue weighted by Gasteiger charge is 2.08. The molecule has 1 aromatic carbocycles. The Balaban J connectivity index is 2.68. The Morgan fingerprint density at radius 1 is 1.53 bits per heavy atom. The summed E-state index contributed by atoms with van der Waals surface area (Å²) in [5.41, 5.74) is 0.709. The maximum absolute atomic E-state index is 12.9. The SMILES string of the molecule is CC#CCCC(O)c1ccc(F)c(Br)c1. The third-order valence-corrected chi connectivity index (χ3v) is 2.66. The molecule has 0 aliphatic carbocycles. The molecule has 1 aromatic rings. The molecule has 0 spiro atoms. The van der Waals surface area contributed by atoms with Gasteiger partial charge in [0.15, 0.2) is 0 Å². The van der Waals surface area contributed by atoms with Crippen LogP contribution in [0.15, 0.2) is 22.7 Å². The summed E-state index contributed by atoms with van der Waals surface area (Å²) >= 11 is 3.08. The predicted molar refractivity (Wildman–Crippen MR) is 61.7 cm³/mol. The smallest absolute Gasteiger partial charge is 0.137 e. The Bertz CT molecular complexity index is 392. The average Bonchev–Trinajstić information content (AvgIpc) is 2.22. The Morgan fingerprint density at radius 3 is 2.87 bits per heavy atom. The molecule has 0 aliphatic heterocycles. The fraction of sp³-hybridized carbons (Fsp3) is 0.333. The largest absolute Gasteiger partial charge is 0.388 e. The van der Waals surface area contributed by atoms with Crippen molar-refractivity contribution in [2.45, 2.75) is 25.9 Å². The molecule has 1 N–H and O–H groups in total. The van der Waals surface area contributed by atoms with E-state index in [-0.39, 0.29) is 5.82 Å². The van der Waals surface area contributed by atoms with Crippen LogP contribution in [0.25, 0.3) is 0 Å². The molecule has 0 saturated heterocycles. The van der Waals surface area contributed by atoms with Crippen LogP contribution in [0.3, 0.4) is 0 Å². The number of benzene rings is 1. The fourth-order valence-electron chi connectivity index (χ4n) is 1.22. The first-order chi connectivity index (χ1) is 7.15. The van der Waals surface area contributed by atoms with E-state index >= 15 is 0 Å². The summed E-state index contributed by atoms with van der Waals surface area (Å²) in [5.74, 6) is 5.32. The second kappa shape index (κ2) is 5.89. The van der Waals surface area contributed by atoms with Crippen molar-refractivity contribution in [3.8, 4) is 11.8 Å². The molecule has 0 bridgehead atoms. The zero-order valence-electron chi connectivity index (χ0n) is 8.43. The van der Waals surface area contributed by atoms with Crippen molar-refractivity contribution in [2.24, 2.45) is 0 Å². The summed E-state index contributed by atoms with van der Waals surface area (Å²) in [5, 5.41) is 9.75. The molecule has 0 aromatic heterocycles. The van der Waals surface area contributed by atoms with Crippen LogP contribution < -0.4 is 0 Å². The van der Waals surface area contributed by atoms with Gasteiger partial charge in [-0.25, -0.2) is 4.39 Å². The van der Waals surface area contributed by atoms with Crippen molar-refractivity contribution in [3.63, 3.8) is 0 Å². The molecule has 0 saturated carbocycles. The first-order valence-electron chi connectivity index (χ1n) is 4.67. The van der Waals surface area contributed by atoms with Crippen molar-refractivity contribution in [2.75, 3.05) is 0 Å². The highest BCUT2D eigenvalue weighted by Crippen LogP contribution is 2.23. The predicted octanol–water partition coefficient (Wildman–Crippen LogP) is 3.43. The van der Waals surface area contributed by atoms with Crippen LogP contribution >= 0.6 is 15.9 Å². The van der Waals surface area contributed by atoms with E-state index in [1.54, 1.807) is 19.1 Å². The van der Waals surface area contributed by atoms with Gasteiger partial charge < -0.3 is 5.11 Å². The van der Waals surface area contributed by atoms with Crippen molar-refractivity contribution in [1.82, 2.24) is 0 Å². The van der Waals surface area contributed by atoms with Crippen molar-refractivity contribution >= 4 is 15.9 Å². The third kappa shape index (κ3) is 3.65. The van der Waals surface area contributed by atoms with E-state index < -0.39 is 6.10 Å². The Morgan fingerprint density at radius 2 is 2.27 bits per heavy atom. The highest BCUT2D eigenvalue weighted by atomic mass is 79.9. The molecule has 1 atom stereocenters. The summed E-state index contributed by atoms with van der Waals surface area (Å²) < 4.78 is 13.3. The molecule has 1 unspecified atom stereocenters. The van der Waals surface area contributed by atoms with E-state index in [9.17, 15) is 9.50 Å².